The number of hydrogen-bond acceptors (Lipinski definition) is 3. The van der Waals surface area contributed by atoms with Gasteiger partial charge < -0.3 is 15.7 Å². The molecule has 1 atom stereocenters. The summed E-state index contributed by atoms with van der Waals surface area (Å²) in [7, 11) is 0. The van der Waals surface area contributed by atoms with Crippen molar-refractivity contribution in [3.63, 3.8) is 0 Å². The Bertz CT molecular complexity index is 1010. The number of nitrogens with one attached hydrogen (secondary N) is 2. The maximum atomic E-state index is 13.5. The number of aromatic nitrogens is 1. The quantitative estimate of drug-likeness (QED) is 0.629. The summed E-state index contributed by atoms with van der Waals surface area (Å²) < 4.78 is 0. The van der Waals surface area contributed by atoms with Crippen LogP contribution < -0.4 is 10.6 Å². The zero-order chi connectivity index (χ0) is 20.4. The molecule has 0 radical (unpaired) electrons. The van der Waals surface area contributed by atoms with Gasteiger partial charge in [0.05, 0.1) is 0 Å². The molecule has 3 rings (SSSR count). The monoisotopic (exact) mass is 377 g/mol. The van der Waals surface area contributed by atoms with Gasteiger partial charge in [-0.05, 0) is 34.6 Å². The Morgan fingerprint density at radius 1 is 0.964 bits per heavy atom. The fourth-order valence-electron chi connectivity index (χ4n) is 3.46. The van der Waals surface area contributed by atoms with Gasteiger partial charge in [0.1, 0.15) is 0 Å². The molecule has 1 heterocycles. The van der Waals surface area contributed by atoms with Crippen molar-refractivity contribution in [2.24, 2.45) is 5.41 Å². The van der Waals surface area contributed by atoms with Crippen LogP contribution in [-0.4, -0.2) is 22.1 Å². The van der Waals surface area contributed by atoms with Crippen LogP contribution in [-0.2, 0) is 10.3 Å². The summed E-state index contributed by atoms with van der Waals surface area (Å²) in [6, 6.07) is 16.3. The molecule has 0 bridgehead atoms. The van der Waals surface area contributed by atoms with Crippen molar-refractivity contribution in [1.82, 2.24) is 10.3 Å². The number of pyridine rings is 1. The van der Waals surface area contributed by atoms with Crippen LogP contribution in [0.25, 0.3) is 10.8 Å². The number of anilines is 1. The standard InChI is InChI=1S/C22H23N3O3/c1-21(2,3)22(25-20(27)28,17-7-5-4-6-8-17)19(26)24-18-10-9-16-14-23-12-11-15(16)13-18/h4-14,25H,1-3H3,(H,24,26)(H,27,28). The third-order valence-electron chi connectivity index (χ3n) is 4.87. The van der Waals surface area contributed by atoms with Crippen LogP contribution in [0.3, 0.4) is 0 Å². The van der Waals surface area contributed by atoms with Crippen LogP contribution in [0.2, 0.25) is 0 Å². The highest BCUT2D eigenvalue weighted by atomic mass is 16.4. The van der Waals surface area contributed by atoms with E-state index in [2.05, 4.69) is 15.6 Å². The van der Waals surface area contributed by atoms with E-state index in [4.69, 9.17) is 0 Å². The second-order valence-electron chi connectivity index (χ2n) is 7.69. The van der Waals surface area contributed by atoms with Gasteiger partial charge in [-0.3, -0.25) is 9.78 Å². The Labute approximate surface area is 163 Å². The molecule has 3 N–H and O–H groups in total. The molecule has 0 aliphatic heterocycles. The molecule has 0 saturated carbocycles. The molecule has 28 heavy (non-hydrogen) atoms. The first-order chi connectivity index (χ1) is 13.2. The molecule has 2 amide bonds. The largest absolute Gasteiger partial charge is 0.465 e. The second-order valence-corrected chi connectivity index (χ2v) is 7.69. The fraction of sp³-hybridized carbons (Fsp3) is 0.227. The summed E-state index contributed by atoms with van der Waals surface area (Å²) in [6.07, 6.45) is 2.16. The van der Waals surface area contributed by atoms with Crippen LogP contribution in [0, 0.1) is 5.41 Å². The van der Waals surface area contributed by atoms with Gasteiger partial charge in [-0.15, -0.1) is 0 Å². The van der Waals surface area contributed by atoms with E-state index in [1.165, 1.54) is 0 Å². The van der Waals surface area contributed by atoms with Gasteiger partial charge in [0.15, 0.2) is 5.54 Å². The third-order valence-corrected chi connectivity index (χ3v) is 4.87. The normalized spacial score (nSPS) is 13.5. The van der Waals surface area contributed by atoms with Crippen LogP contribution in [0.5, 0.6) is 0 Å². The van der Waals surface area contributed by atoms with E-state index in [0.717, 1.165) is 10.8 Å². The van der Waals surface area contributed by atoms with Crippen LogP contribution >= 0.6 is 0 Å². The maximum Gasteiger partial charge on any atom is 0.405 e. The summed E-state index contributed by atoms with van der Waals surface area (Å²) >= 11 is 0. The SMILES string of the molecule is CC(C)(C)C(NC(=O)O)(C(=O)Nc1ccc2cnccc2c1)c1ccccc1. The highest BCUT2D eigenvalue weighted by Gasteiger charge is 2.51. The summed E-state index contributed by atoms with van der Waals surface area (Å²) in [5, 5.41) is 16.8. The third kappa shape index (κ3) is 3.53. The van der Waals surface area contributed by atoms with E-state index in [-0.39, 0.29) is 0 Å². The fourth-order valence-corrected chi connectivity index (χ4v) is 3.46. The summed E-state index contributed by atoms with van der Waals surface area (Å²) in [4.78, 5) is 29.3. The van der Waals surface area contributed by atoms with Crippen molar-refractivity contribution in [3.8, 4) is 0 Å². The number of amides is 2. The van der Waals surface area contributed by atoms with Gasteiger partial charge >= 0.3 is 6.09 Å². The van der Waals surface area contributed by atoms with Crippen molar-refractivity contribution in [1.29, 1.82) is 0 Å². The Kier molecular flexibility index (Phi) is 5.05. The molecule has 6 heteroatoms. The number of rotatable bonds is 4. The first-order valence-electron chi connectivity index (χ1n) is 8.96. The minimum Gasteiger partial charge on any atom is -0.465 e. The molecule has 6 nitrogen and oxygen atoms in total. The number of carbonyl (C=O) groups is 2. The van der Waals surface area contributed by atoms with Crippen molar-refractivity contribution in [3.05, 3.63) is 72.6 Å². The molecule has 0 fully saturated rings. The molecule has 2 aromatic carbocycles. The van der Waals surface area contributed by atoms with E-state index in [1.54, 1.807) is 42.7 Å². The van der Waals surface area contributed by atoms with Gasteiger partial charge in [-0.1, -0.05) is 57.2 Å². The summed E-state index contributed by atoms with van der Waals surface area (Å²) in [6.45, 7) is 5.50. The van der Waals surface area contributed by atoms with Crippen molar-refractivity contribution in [2.45, 2.75) is 26.3 Å². The van der Waals surface area contributed by atoms with E-state index in [9.17, 15) is 14.7 Å². The minimum absolute atomic E-state index is 0.443. The number of benzene rings is 2. The smallest absolute Gasteiger partial charge is 0.405 e. The molecule has 3 aromatic rings. The first-order valence-corrected chi connectivity index (χ1v) is 8.96. The van der Waals surface area contributed by atoms with E-state index < -0.39 is 23.0 Å². The van der Waals surface area contributed by atoms with Crippen LogP contribution in [0.15, 0.2) is 67.0 Å². The molecule has 1 aromatic heterocycles. The maximum absolute atomic E-state index is 13.5. The average molecular weight is 377 g/mol. The molecule has 0 saturated heterocycles. The van der Waals surface area contributed by atoms with Crippen LogP contribution in [0.4, 0.5) is 10.5 Å². The first kappa shape index (κ1) is 19.4. The minimum atomic E-state index is -1.48. The zero-order valence-corrected chi connectivity index (χ0v) is 16.1. The van der Waals surface area contributed by atoms with Crippen LogP contribution in [0.1, 0.15) is 26.3 Å². The molecule has 144 valence electrons. The number of fused-ring (bicyclic) bond motifs is 1. The Morgan fingerprint density at radius 2 is 1.68 bits per heavy atom. The Balaban J connectivity index is 2.08. The highest BCUT2D eigenvalue weighted by Crippen LogP contribution is 2.40. The predicted octanol–water partition coefficient (Wildman–Crippen LogP) is 4.38. The van der Waals surface area contributed by atoms with E-state index in [0.29, 0.717) is 11.3 Å². The number of hydrogen-bond donors (Lipinski definition) is 3. The van der Waals surface area contributed by atoms with Gasteiger partial charge in [-0.2, -0.15) is 0 Å². The van der Waals surface area contributed by atoms with E-state index in [1.807, 2.05) is 45.0 Å². The predicted molar refractivity (Wildman–Crippen MR) is 109 cm³/mol. The summed E-state index contributed by atoms with van der Waals surface area (Å²) in [5.41, 5.74) is -1.06. The number of carbonyl (C=O) groups excluding carboxylic acids is 1. The Hall–Kier alpha value is -3.41. The molecular weight excluding hydrogens is 354 g/mol. The lowest BCUT2D eigenvalue weighted by Gasteiger charge is -2.43. The van der Waals surface area contributed by atoms with Crippen molar-refractivity contribution in [2.75, 3.05) is 5.32 Å². The summed E-state index contributed by atoms with van der Waals surface area (Å²) in [5.74, 6) is -0.443. The van der Waals surface area contributed by atoms with Crippen molar-refractivity contribution >= 4 is 28.5 Å². The highest BCUT2D eigenvalue weighted by molar-refractivity contribution is 6.02. The average Bonchev–Trinajstić information content (AvgIpc) is 2.65. The Morgan fingerprint density at radius 3 is 2.32 bits per heavy atom. The van der Waals surface area contributed by atoms with Crippen molar-refractivity contribution < 1.29 is 14.7 Å². The van der Waals surface area contributed by atoms with Gasteiger partial charge in [0.2, 0.25) is 0 Å². The number of carboxylic acid groups (broad SMARTS) is 1. The molecule has 0 spiro atoms. The molecule has 0 aliphatic carbocycles. The zero-order valence-electron chi connectivity index (χ0n) is 16.1. The van der Waals surface area contributed by atoms with E-state index >= 15 is 0 Å². The molecule has 1 unspecified atom stereocenters. The topological polar surface area (TPSA) is 91.3 Å². The van der Waals surface area contributed by atoms with Gasteiger partial charge in [0.25, 0.3) is 5.91 Å². The van der Waals surface area contributed by atoms with Gasteiger partial charge in [0, 0.05) is 23.5 Å². The lowest BCUT2D eigenvalue weighted by molar-refractivity contribution is -0.127. The lowest BCUT2D eigenvalue weighted by Crippen LogP contribution is -2.61. The molecular formula is C22H23N3O3. The second kappa shape index (κ2) is 7.31. The number of nitrogens with zero attached hydrogens (tertiary/aromatic N) is 1. The molecule has 0 aliphatic rings. The van der Waals surface area contributed by atoms with Gasteiger partial charge in [-0.25, -0.2) is 4.79 Å². The lowest BCUT2D eigenvalue weighted by atomic mass is 9.68.